The summed E-state index contributed by atoms with van der Waals surface area (Å²) in [5, 5.41) is 9.70. The highest BCUT2D eigenvalue weighted by atomic mass is 32.2. The molecule has 3 fully saturated rings. The Labute approximate surface area is 204 Å². The van der Waals surface area contributed by atoms with Gasteiger partial charge in [-0.2, -0.15) is 5.26 Å². The number of nitriles is 1. The first-order valence-corrected chi connectivity index (χ1v) is 12.8. The second-order valence-electron chi connectivity index (χ2n) is 9.70. The normalized spacial score (nSPS) is 26.2. The molecule has 0 saturated carbocycles. The molecule has 3 aliphatic heterocycles. The number of nitrogen functional groups attached to an aromatic ring is 1. The lowest BCUT2D eigenvalue weighted by Gasteiger charge is -2.41. The Hall–Kier alpha value is -2.61. The summed E-state index contributed by atoms with van der Waals surface area (Å²) < 4.78 is 5.84. The molecule has 0 aromatic carbocycles. The minimum absolute atomic E-state index is 0.0726. The molecule has 2 aromatic rings. The number of aromatic nitrogens is 3. The quantitative estimate of drug-likeness (QED) is 0.658. The third-order valence-corrected chi connectivity index (χ3v) is 8.65. The van der Waals surface area contributed by atoms with Crippen LogP contribution in [0.25, 0.3) is 0 Å². The van der Waals surface area contributed by atoms with Crippen LogP contribution in [-0.4, -0.2) is 59.9 Å². The molecule has 1 unspecified atom stereocenters. The van der Waals surface area contributed by atoms with Crippen molar-refractivity contribution in [2.24, 2.45) is 17.1 Å². The molecular weight excluding hydrogens is 448 g/mol. The van der Waals surface area contributed by atoms with Crippen LogP contribution in [0, 0.1) is 22.7 Å². The van der Waals surface area contributed by atoms with Gasteiger partial charge in [-0.05, 0) is 44.2 Å². The number of rotatable bonds is 5. The lowest BCUT2D eigenvalue weighted by atomic mass is 9.73. The molecule has 0 radical (unpaired) electrons. The Bertz CT molecular complexity index is 1070. The number of pyridine rings is 1. The molecule has 3 aliphatic rings. The van der Waals surface area contributed by atoms with Crippen LogP contribution in [0.3, 0.4) is 0 Å². The van der Waals surface area contributed by atoms with Crippen molar-refractivity contribution in [2.75, 3.05) is 48.3 Å². The zero-order valence-corrected chi connectivity index (χ0v) is 20.4. The monoisotopic (exact) mass is 480 g/mol. The number of anilines is 3. The summed E-state index contributed by atoms with van der Waals surface area (Å²) >= 11 is 1.49. The van der Waals surface area contributed by atoms with Crippen molar-refractivity contribution in [3.63, 3.8) is 0 Å². The number of nitrogens with zero attached hydrogens (tertiary/aromatic N) is 6. The Morgan fingerprint density at radius 1 is 1.26 bits per heavy atom. The molecule has 1 spiro atoms. The van der Waals surface area contributed by atoms with E-state index in [9.17, 15) is 0 Å². The highest BCUT2D eigenvalue weighted by Crippen LogP contribution is 2.42. The summed E-state index contributed by atoms with van der Waals surface area (Å²) in [6, 6.07) is 6.34. The van der Waals surface area contributed by atoms with Crippen LogP contribution in [0.15, 0.2) is 34.4 Å². The number of hydrogen-bond donors (Lipinski definition) is 2. The second-order valence-corrected chi connectivity index (χ2v) is 10.7. The highest BCUT2D eigenvalue weighted by molar-refractivity contribution is 7.99. The molecule has 0 amide bonds. The van der Waals surface area contributed by atoms with E-state index in [-0.39, 0.29) is 17.6 Å². The molecule has 4 N–H and O–H groups in total. The van der Waals surface area contributed by atoms with Crippen LogP contribution in [0.1, 0.15) is 32.6 Å². The van der Waals surface area contributed by atoms with Gasteiger partial charge in [-0.25, -0.2) is 15.0 Å². The van der Waals surface area contributed by atoms with E-state index in [1.807, 2.05) is 18.3 Å². The standard InChI is InChI=1S/C24H32N8OS/c1-16-20(26)24(15-33-16)6-11-31(12-7-24)19-13-29-23(21(27)30-19)34-18-3-2-9-28-22(18)32-10-5-17(14-32)4-8-25/h2-3,9,13,16-17,20H,4-7,10-12,14-15,26H2,1H3,(H2,27,30)/t16-,17?,20+/m0/s1. The molecule has 3 saturated heterocycles. The maximum Gasteiger partial charge on any atom is 0.158 e. The van der Waals surface area contributed by atoms with Crippen LogP contribution in [0.5, 0.6) is 0 Å². The summed E-state index contributed by atoms with van der Waals surface area (Å²) in [5.41, 5.74) is 12.9. The fraction of sp³-hybridized carbons (Fsp3) is 0.583. The zero-order chi connectivity index (χ0) is 23.7. The van der Waals surface area contributed by atoms with Gasteiger partial charge in [0, 0.05) is 50.3 Å². The van der Waals surface area contributed by atoms with Crippen molar-refractivity contribution in [3.05, 3.63) is 24.5 Å². The molecule has 0 aliphatic carbocycles. The molecule has 34 heavy (non-hydrogen) atoms. The summed E-state index contributed by atoms with van der Waals surface area (Å²) in [6.45, 7) is 6.31. The largest absolute Gasteiger partial charge is 0.381 e. The minimum atomic E-state index is 0.0726. The second kappa shape index (κ2) is 9.56. The summed E-state index contributed by atoms with van der Waals surface area (Å²) in [5.74, 6) is 2.55. The van der Waals surface area contributed by atoms with E-state index in [1.165, 1.54) is 11.8 Å². The predicted octanol–water partition coefficient (Wildman–Crippen LogP) is 2.68. The third kappa shape index (κ3) is 4.40. The predicted molar refractivity (Wildman–Crippen MR) is 133 cm³/mol. The molecule has 10 heteroatoms. The van der Waals surface area contributed by atoms with Gasteiger partial charge in [-0.3, -0.25) is 0 Å². The van der Waals surface area contributed by atoms with E-state index in [1.54, 1.807) is 6.20 Å². The third-order valence-electron chi connectivity index (χ3n) is 7.60. The van der Waals surface area contributed by atoms with Crippen LogP contribution in [0.2, 0.25) is 0 Å². The van der Waals surface area contributed by atoms with Crippen LogP contribution < -0.4 is 21.3 Å². The first-order chi connectivity index (χ1) is 16.5. The molecule has 180 valence electrons. The summed E-state index contributed by atoms with van der Waals surface area (Å²) in [6.07, 6.45) is 7.31. The number of nitrogens with two attached hydrogens (primary N) is 2. The summed E-state index contributed by atoms with van der Waals surface area (Å²) in [7, 11) is 0. The van der Waals surface area contributed by atoms with Crippen molar-refractivity contribution in [2.45, 2.75) is 54.7 Å². The van der Waals surface area contributed by atoms with Crippen molar-refractivity contribution in [3.8, 4) is 6.07 Å². The van der Waals surface area contributed by atoms with E-state index < -0.39 is 0 Å². The Morgan fingerprint density at radius 3 is 2.79 bits per heavy atom. The fourth-order valence-corrected chi connectivity index (χ4v) is 6.28. The number of ether oxygens (including phenoxy) is 1. The van der Waals surface area contributed by atoms with Gasteiger partial charge in [0.05, 0.1) is 29.9 Å². The lowest BCUT2D eigenvalue weighted by Crippen LogP contribution is -2.50. The van der Waals surface area contributed by atoms with Gasteiger partial charge >= 0.3 is 0 Å². The van der Waals surface area contributed by atoms with E-state index in [2.05, 4.69) is 32.8 Å². The average Bonchev–Trinajstić information content (AvgIpc) is 3.42. The maximum atomic E-state index is 9.02. The fourth-order valence-electron chi connectivity index (χ4n) is 5.39. The molecule has 9 nitrogen and oxygen atoms in total. The first kappa shape index (κ1) is 23.1. The van der Waals surface area contributed by atoms with Gasteiger partial charge in [-0.1, -0.05) is 11.8 Å². The molecule has 5 heterocycles. The van der Waals surface area contributed by atoms with Gasteiger partial charge in [-0.15, -0.1) is 0 Å². The van der Waals surface area contributed by atoms with Crippen molar-refractivity contribution < 1.29 is 4.74 Å². The Kier molecular flexibility index (Phi) is 6.51. The molecular formula is C24H32N8OS. The molecule has 2 aromatic heterocycles. The zero-order valence-electron chi connectivity index (χ0n) is 19.6. The van der Waals surface area contributed by atoms with E-state index in [4.69, 9.17) is 26.5 Å². The topological polar surface area (TPSA) is 130 Å². The van der Waals surface area contributed by atoms with Crippen molar-refractivity contribution >= 4 is 29.2 Å². The van der Waals surface area contributed by atoms with Crippen molar-refractivity contribution in [1.82, 2.24) is 15.0 Å². The molecule has 3 atom stereocenters. The average molecular weight is 481 g/mol. The van der Waals surface area contributed by atoms with Gasteiger partial charge in [0.25, 0.3) is 0 Å². The van der Waals surface area contributed by atoms with Gasteiger partial charge in [0.2, 0.25) is 0 Å². The summed E-state index contributed by atoms with van der Waals surface area (Å²) in [4.78, 5) is 19.5. The van der Waals surface area contributed by atoms with Crippen LogP contribution in [0.4, 0.5) is 17.5 Å². The first-order valence-electron chi connectivity index (χ1n) is 12.0. The Balaban J connectivity index is 1.27. The number of piperidine rings is 1. The minimum Gasteiger partial charge on any atom is -0.381 e. The van der Waals surface area contributed by atoms with E-state index in [0.29, 0.717) is 23.2 Å². The van der Waals surface area contributed by atoms with E-state index >= 15 is 0 Å². The molecule has 0 bridgehead atoms. The Morgan fingerprint density at radius 2 is 2.09 bits per heavy atom. The van der Waals surface area contributed by atoms with Gasteiger partial charge in [0.1, 0.15) is 16.7 Å². The lowest BCUT2D eigenvalue weighted by molar-refractivity contribution is 0.0974. The van der Waals surface area contributed by atoms with Crippen LogP contribution >= 0.6 is 11.8 Å². The maximum absolute atomic E-state index is 9.02. The van der Waals surface area contributed by atoms with Gasteiger partial charge < -0.3 is 26.0 Å². The smallest absolute Gasteiger partial charge is 0.158 e. The molecule has 5 rings (SSSR count). The highest BCUT2D eigenvalue weighted by Gasteiger charge is 2.47. The van der Waals surface area contributed by atoms with Crippen molar-refractivity contribution in [1.29, 1.82) is 5.26 Å². The number of hydrogen-bond acceptors (Lipinski definition) is 10. The SMILES string of the molecule is C[C@@H]1OCC2(CCN(c3cnc(Sc4cccnc4N4CCC(CC#N)C4)c(N)n3)CC2)[C@@H]1N. The van der Waals surface area contributed by atoms with Crippen LogP contribution in [-0.2, 0) is 4.74 Å². The van der Waals surface area contributed by atoms with Gasteiger partial charge in [0.15, 0.2) is 5.82 Å². The van der Waals surface area contributed by atoms with E-state index in [0.717, 1.165) is 68.6 Å².